The molecule has 38 heavy (non-hydrogen) atoms. The molecule has 0 saturated carbocycles. The molecule has 0 spiro atoms. The van der Waals surface area contributed by atoms with Crippen LogP contribution < -0.4 is 10.9 Å². The Balaban J connectivity index is 0.000000389. The van der Waals surface area contributed by atoms with E-state index >= 15 is 0 Å². The maximum Gasteiger partial charge on any atom is 0.494 e. The monoisotopic (exact) mass is 540 g/mol. The van der Waals surface area contributed by atoms with Crippen LogP contribution in [-0.4, -0.2) is 68.5 Å². The van der Waals surface area contributed by atoms with E-state index in [9.17, 15) is 8.78 Å². The predicted octanol–water partition coefficient (Wildman–Crippen LogP) is 3.43. The average Bonchev–Trinajstić information content (AvgIpc) is 2.86. The number of benzene rings is 2. The van der Waals surface area contributed by atoms with Crippen LogP contribution in [0.3, 0.4) is 0 Å². The smallest absolute Gasteiger partial charge is 0.410 e. The molecular formula is C26H40B2F2O8. The van der Waals surface area contributed by atoms with Crippen molar-refractivity contribution >= 4 is 25.2 Å². The number of hydrogen-bond acceptors (Lipinski definition) is 8. The van der Waals surface area contributed by atoms with Crippen molar-refractivity contribution in [1.82, 2.24) is 0 Å². The van der Waals surface area contributed by atoms with Crippen LogP contribution in [0.4, 0.5) is 8.78 Å². The SMILES string of the molecule is COCOCc1cc(F)ccc1B(OC(C)C)OC(C)C.COCOCc1cc(F)ccc1B(OC)OC. The van der Waals surface area contributed by atoms with Crippen LogP contribution in [0.1, 0.15) is 38.8 Å². The van der Waals surface area contributed by atoms with Gasteiger partial charge in [0.25, 0.3) is 0 Å². The molecule has 0 unspecified atom stereocenters. The molecule has 0 heterocycles. The van der Waals surface area contributed by atoms with Gasteiger partial charge in [-0.3, -0.25) is 0 Å². The van der Waals surface area contributed by atoms with Crippen LogP contribution in [0.5, 0.6) is 0 Å². The van der Waals surface area contributed by atoms with Crippen LogP contribution in [0.15, 0.2) is 36.4 Å². The van der Waals surface area contributed by atoms with Crippen molar-refractivity contribution in [3.05, 3.63) is 59.2 Å². The first-order chi connectivity index (χ1) is 18.2. The average molecular weight is 540 g/mol. The fraction of sp³-hybridized carbons (Fsp3) is 0.538. The molecule has 12 heteroatoms. The van der Waals surface area contributed by atoms with Crippen molar-refractivity contribution < 1.29 is 46.3 Å². The fourth-order valence-corrected chi connectivity index (χ4v) is 3.35. The summed E-state index contributed by atoms with van der Waals surface area (Å²) in [6.45, 7) is 8.51. The Morgan fingerprint density at radius 2 is 1.03 bits per heavy atom. The molecule has 2 aromatic carbocycles. The third-order valence-electron chi connectivity index (χ3n) is 4.86. The summed E-state index contributed by atoms with van der Waals surface area (Å²) in [5.41, 5.74) is 2.89. The van der Waals surface area contributed by atoms with Gasteiger partial charge in [0, 0.05) is 40.6 Å². The molecule has 0 saturated heterocycles. The van der Waals surface area contributed by atoms with Crippen LogP contribution in [-0.2, 0) is 50.8 Å². The number of methoxy groups -OCH3 is 2. The standard InChI is InChI=1S/C15H24BFO4.C11H16BFO4/c1-11(2)20-16(21-12(3)4)15-7-6-14(17)8-13(15)9-19-10-18-5;1-14-8-17-7-9-6-10(13)4-5-11(9)12(15-2)16-3/h6-8,11-12H,9-10H2,1-5H3;4-6H,7-8H2,1-3H3. The van der Waals surface area contributed by atoms with Gasteiger partial charge in [-0.2, -0.15) is 0 Å². The van der Waals surface area contributed by atoms with E-state index < -0.39 is 14.2 Å². The van der Waals surface area contributed by atoms with Gasteiger partial charge in [0.2, 0.25) is 0 Å². The Bertz CT molecular complexity index is 907. The molecule has 0 aliphatic heterocycles. The van der Waals surface area contributed by atoms with Gasteiger partial charge in [-0.1, -0.05) is 12.1 Å². The van der Waals surface area contributed by atoms with E-state index in [2.05, 4.69) is 0 Å². The molecule has 0 radical (unpaired) electrons. The van der Waals surface area contributed by atoms with E-state index in [4.69, 9.17) is 37.6 Å². The molecule has 2 rings (SSSR count). The molecule has 0 N–H and O–H groups in total. The molecule has 0 amide bonds. The Kier molecular flexibility index (Phi) is 17.3. The number of ether oxygens (including phenoxy) is 4. The first kappa shape index (κ1) is 34.1. The lowest BCUT2D eigenvalue weighted by atomic mass is 9.75. The van der Waals surface area contributed by atoms with Crippen molar-refractivity contribution in [3.8, 4) is 0 Å². The molecule has 0 fully saturated rings. The van der Waals surface area contributed by atoms with Gasteiger partial charge in [0.15, 0.2) is 0 Å². The zero-order valence-electron chi connectivity index (χ0n) is 23.6. The van der Waals surface area contributed by atoms with Crippen molar-refractivity contribution in [2.75, 3.05) is 42.0 Å². The maximum atomic E-state index is 13.5. The van der Waals surface area contributed by atoms with Crippen molar-refractivity contribution in [3.63, 3.8) is 0 Å². The largest absolute Gasteiger partial charge is 0.494 e. The molecule has 0 atom stereocenters. The highest BCUT2D eigenvalue weighted by Crippen LogP contribution is 2.09. The molecule has 212 valence electrons. The third kappa shape index (κ3) is 12.8. The Hall–Kier alpha value is -1.89. The highest BCUT2D eigenvalue weighted by atomic mass is 19.1. The minimum atomic E-state index is -0.549. The van der Waals surface area contributed by atoms with E-state index in [1.165, 1.54) is 45.6 Å². The van der Waals surface area contributed by atoms with Crippen molar-refractivity contribution in [2.24, 2.45) is 0 Å². The van der Waals surface area contributed by atoms with Crippen molar-refractivity contribution in [2.45, 2.75) is 53.1 Å². The minimum absolute atomic E-state index is 0.00783. The summed E-state index contributed by atoms with van der Waals surface area (Å²) in [7, 11) is 5.04. The predicted molar refractivity (Wildman–Crippen MR) is 143 cm³/mol. The molecule has 0 bridgehead atoms. The van der Waals surface area contributed by atoms with Crippen LogP contribution in [0, 0.1) is 11.6 Å². The van der Waals surface area contributed by atoms with Crippen LogP contribution >= 0.6 is 0 Å². The van der Waals surface area contributed by atoms with Gasteiger partial charge in [0.1, 0.15) is 25.2 Å². The summed E-state index contributed by atoms with van der Waals surface area (Å²) in [4.78, 5) is 0. The summed E-state index contributed by atoms with van der Waals surface area (Å²) in [5, 5.41) is 0. The summed E-state index contributed by atoms with van der Waals surface area (Å²) >= 11 is 0. The van der Waals surface area contributed by atoms with Gasteiger partial charge in [-0.25, -0.2) is 8.78 Å². The first-order valence-electron chi connectivity index (χ1n) is 12.2. The quantitative estimate of drug-likeness (QED) is 0.182. The zero-order chi connectivity index (χ0) is 28.5. The van der Waals surface area contributed by atoms with E-state index in [1.54, 1.807) is 19.2 Å². The summed E-state index contributed by atoms with van der Waals surface area (Å²) in [6.07, 6.45) is -0.0157. The zero-order valence-corrected chi connectivity index (χ0v) is 23.6. The van der Waals surface area contributed by atoms with Gasteiger partial charge >= 0.3 is 14.2 Å². The Morgan fingerprint density at radius 1 is 0.632 bits per heavy atom. The highest BCUT2D eigenvalue weighted by molar-refractivity contribution is 6.62. The van der Waals surface area contributed by atoms with E-state index in [1.807, 2.05) is 27.7 Å². The van der Waals surface area contributed by atoms with E-state index in [0.717, 1.165) is 10.9 Å². The fourth-order valence-electron chi connectivity index (χ4n) is 3.35. The normalized spacial score (nSPS) is 11.1. The van der Waals surface area contributed by atoms with Gasteiger partial charge in [0.05, 0.1) is 13.2 Å². The number of rotatable bonds is 16. The Morgan fingerprint density at radius 3 is 1.37 bits per heavy atom. The minimum Gasteiger partial charge on any atom is -0.410 e. The number of hydrogen-bond donors (Lipinski definition) is 0. The second kappa shape index (κ2) is 19.2. The van der Waals surface area contributed by atoms with Gasteiger partial charge in [-0.05, 0) is 74.0 Å². The molecule has 0 aliphatic rings. The summed E-state index contributed by atoms with van der Waals surface area (Å²) in [5.74, 6) is -0.640. The molecule has 0 aromatic heterocycles. The van der Waals surface area contributed by atoms with Crippen LogP contribution in [0.2, 0.25) is 0 Å². The Labute approximate surface area is 226 Å². The lowest BCUT2D eigenvalue weighted by Gasteiger charge is -2.22. The number of halogens is 2. The molecular weight excluding hydrogens is 500 g/mol. The lowest BCUT2D eigenvalue weighted by molar-refractivity contribution is -0.0390. The second-order valence-corrected chi connectivity index (χ2v) is 8.70. The maximum absolute atomic E-state index is 13.5. The summed E-state index contributed by atoms with van der Waals surface area (Å²) < 4.78 is 68.7. The van der Waals surface area contributed by atoms with Crippen molar-refractivity contribution in [1.29, 1.82) is 0 Å². The van der Waals surface area contributed by atoms with Gasteiger partial charge in [-0.15, -0.1) is 0 Å². The highest BCUT2D eigenvalue weighted by Gasteiger charge is 2.27. The second-order valence-electron chi connectivity index (χ2n) is 8.70. The van der Waals surface area contributed by atoms with E-state index in [0.29, 0.717) is 11.1 Å². The third-order valence-corrected chi connectivity index (χ3v) is 4.86. The molecule has 0 aliphatic carbocycles. The van der Waals surface area contributed by atoms with Gasteiger partial charge < -0.3 is 37.6 Å². The topological polar surface area (TPSA) is 73.8 Å². The van der Waals surface area contributed by atoms with E-state index in [-0.39, 0.29) is 50.6 Å². The lowest BCUT2D eigenvalue weighted by Crippen LogP contribution is -2.42. The summed E-state index contributed by atoms with van der Waals surface area (Å²) in [6, 6.07) is 8.89. The van der Waals surface area contributed by atoms with Crippen LogP contribution in [0.25, 0.3) is 0 Å². The molecule has 2 aromatic rings. The first-order valence-corrected chi connectivity index (χ1v) is 12.2. The molecule has 8 nitrogen and oxygen atoms in total.